The fourth-order valence-electron chi connectivity index (χ4n) is 2.16. The summed E-state index contributed by atoms with van der Waals surface area (Å²) in [6.07, 6.45) is 4.62. The molecule has 0 aromatic carbocycles. The molecule has 0 saturated carbocycles. The summed E-state index contributed by atoms with van der Waals surface area (Å²) in [7, 11) is 0. The zero-order chi connectivity index (χ0) is 14.4. The molecule has 20 heavy (non-hydrogen) atoms. The molecule has 1 atom stereocenters. The van der Waals surface area contributed by atoms with E-state index in [4.69, 9.17) is 0 Å². The molecular formula is C13H22N6S. The van der Waals surface area contributed by atoms with Crippen LogP contribution < -0.4 is 5.32 Å². The van der Waals surface area contributed by atoms with Gasteiger partial charge < -0.3 is 5.32 Å². The van der Waals surface area contributed by atoms with Crippen LogP contribution in [0.5, 0.6) is 0 Å². The van der Waals surface area contributed by atoms with Crippen molar-refractivity contribution in [3.63, 3.8) is 0 Å². The Bertz CT molecular complexity index is 520. The molecule has 0 radical (unpaired) electrons. The molecule has 0 saturated heterocycles. The second kappa shape index (κ2) is 7.44. The number of nitrogens with one attached hydrogen (secondary N) is 1. The van der Waals surface area contributed by atoms with Gasteiger partial charge in [-0.1, -0.05) is 18.3 Å². The van der Waals surface area contributed by atoms with Crippen LogP contribution in [0.15, 0.2) is 6.33 Å². The van der Waals surface area contributed by atoms with Crippen molar-refractivity contribution in [3.05, 3.63) is 22.7 Å². The third kappa shape index (κ3) is 3.61. The molecule has 0 amide bonds. The number of rotatable bonds is 8. The van der Waals surface area contributed by atoms with E-state index in [2.05, 4.69) is 38.8 Å². The minimum absolute atomic E-state index is 0.217. The average Bonchev–Trinajstić information content (AvgIpc) is 3.04. The third-order valence-corrected chi connectivity index (χ3v) is 4.10. The number of hydrogen-bond acceptors (Lipinski definition) is 6. The van der Waals surface area contributed by atoms with E-state index in [0.717, 1.165) is 43.9 Å². The van der Waals surface area contributed by atoms with Gasteiger partial charge in [0.2, 0.25) is 0 Å². The molecule has 0 aliphatic rings. The quantitative estimate of drug-likeness (QED) is 0.808. The van der Waals surface area contributed by atoms with Gasteiger partial charge in [0.05, 0.1) is 16.6 Å². The Morgan fingerprint density at radius 1 is 1.35 bits per heavy atom. The van der Waals surface area contributed by atoms with E-state index in [1.54, 1.807) is 6.33 Å². The predicted octanol–water partition coefficient (Wildman–Crippen LogP) is 2.13. The summed E-state index contributed by atoms with van der Waals surface area (Å²) < 4.78 is 6.04. The molecule has 0 aliphatic heterocycles. The molecule has 2 aromatic rings. The van der Waals surface area contributed by atoms with Gasteiger partial charge in [0.25, 0.3) is 0 Å². The monoisotopic (exact) mass is 294 g/mol. The lowest BCUT2D eigenvalue weighted by Crippen LogP contribution is -2.25. The van der Waals surface area contributed by atoms with Gasteiger partial charge in [0.15, 0.2) is 0 Å². The van der Waals surface area contributed by atoms with Gasteiger partial charge in [-0.2, -0.15) is 5.10 Å². The number of aromatic nitrogens is 5. The third-order valence-electron chi connectivity index (χ3n) is 3.16. The lowest BCUT2D eigenvalue weighted by molar-refractivity contribution is 0.491. The van der Waals surface area contributed by atoms with Gasteiger partial charge in [-0.3, -0.25) is 4.68 Å². The smallest absolute Gasteiger partial charge is 0.138 e. The Kier molecular flexibility index (Phi) is 5.60. The first-order chi connectivity index (χ1) is 9.76. The largest absolute Gasteiger partial charge is 0.309 e. The van der Waals surface area contributed by atoms with E-state index in [9.17, 15) is 0 Å². The van der Waals surface area contributed by atoms with Crippen LogP contribution >= 0.6 is 11.5 Å². The van der Waals surface area contributed by atoms with Crippen LogP contribution in [-0.4, -0.2) is 30.9 Å². The molecule has 0 spiro atoms. The van der Waals surface area contributed by atoms with Gasteiger partial charge in [-0.15, -0.1) is 5.10 Å². The predicted molar refractivity (Wildman–Crippen MR) is 79.7 cm³/mol. The van der Waals surface area contributed by atoms with Crippen LogP contribution in [0.1, 0.15) is 49.1 Å². The molecule has 2 heterocycles. The SMILES string of the molecule is CCCNC(Cc1ncnn1CCC)c1snnc1C. The molecular weight excluding hydrogens is 272 g/mol. The second-order valence-electron chi connectivity index (χ2n) is 4.83. The maximum absolute atomic E-state index is 4.40. The van der Waals surface area contributed by atoms with E-state index in [1.165, 1.54) is 16.4 Å². The molecule has 2 rings (SSSR count). The van der Waals surface area contributed by atoms with E-state index < -0.39 is 0 Å². The summed E-state index contributed by atoms with van der Waals surface area (Å²) in [4.78, 5) is 5.60. The Morgan fingerprint density at radius 3 is 2.85 bits per heavy atom. The first-order valence-electron chi connectivity index (χ1n) is 7.15. The Balaban J connectivity index is 2.15. The standard InChI is InChI=1S/C13H22N6S/c1-4-6-14-11(13-10(3)17-18-20-13)8-12-15-9-16-19(12)7-5-2/h9,11,14H,4-8H2,1-3H3. The summed E-state index contributed by atoms with van der Waals surface area (Å²) in [5, 5.41) is 12.0. The number of hydrogen-bond donors (Lipinski definition) is 1. The van der Waals surface area contributed by atoms with Crippen molar-refractivity contribution in [2.45, 2.75) is 52.6 Å². The Hall–Kier alpha value is -1.34. The highest BCUT2D eigenvalue weighted by atomic mass is 32.1. The Morgan fingerprint density at radius 2 is 2.20 bits per heavy atom. The maximum atomic E-state index is 4.40. The fourth-order valence-corrected chi connectivity index (χ4v) is 2.88. The van der Waals surface area contributed by atoms with Crippen LogP contribution in [0.25, 0.3) is 0 Å². The average molecular weight is 294 g/mol. The molecule has 2 aromatic heterocycles. The van der Waals surface area contributed by atoms with Crippen molar-refractivity contribution < 1.29 is 0 Å². The highest BCUT2D eigenvalue weighted by molar-refractivity contribution is 7.05. The normalized spacial score (nSPS) is 12.8. The van der Waals surface area contributed by atoms with Gasteiger partial charge in [-0.25, -0.2) is 4.98 Å². The number of aryl methyl sites for hydroxylation is 2. The zero-order valence-corrected chi connectivity index (χ0v) is 13.2. The van der Waals surface area contributed by atoms with E-state index >= 15 is 0 Å². The van der Waals surface area contributed by atoms with Crippen molar-refractivity contribution in [3.8, 4) is 0 Å². The summed E-state index contributed by atoms with van der Waals surface area (Å²) >= 11 is 1.47. The highest BCUT2D eigenvalue weighted by Gasteiger charge is 2.19. The molecule has 6 nitrogen and oxygen atoms in total. The summed E-state index contributed by atoms with van der Waals surface area (Å²) in [6.45, 7) is 8.22. The minimum Gasteiger partial charge on any atom is -0.309 e. The van der Waals surface area contributed by atoms with Crippen LogP contribution in [0, 0.1) is 6.92 Å². The molecule has 1 N–H and O–H groups in total. The first-order valence-corrected chi connectivity index (χ1v) is 7.92. The van der Waals surface area contributed by atoms with Gasteiger partial charge in [0.1, 0.15) is 12.2 Å². The lowest BCUT2D eigenvalue weighted by atomic mass is 10.1. The lowest BCUT2D eigenvalue weighted by Gasteiger charge is -2.17. The maximum Gasteiger partial charge on any atom is 0.138 e. The van der Waals surface area contributed by atoms with Gasteiger partial charge in [-0.05, 0) is 37.8 Å². The molecule has 0 bridgehead atoms. The van der Waals surface area contributed by atoms with Crippen LogP contribution in [-0.2, 0) is 13.0 Å². The highest BCUT2D eigenvalue weighted by Crippen LogP contribution is 2.23. The molecule has 7 heteroatoms. The Labute approximate surface area is 123 Å². The van der Waals surface area contributed by atoms with E-state index in [0.29, 0.717) is 0 Å². The second-order valence-corrected chi connectivity index (χ2v) is 5.62. The van der Waals surface area contributed by atoms with Crippen LogP contribution in [0.2, 0.25) is 0 Å². The zero-order valence-electron chi connectivity index (χ0n) is 12.3. The van der Waals surface area contributed by atoms with Crippen LogP contribution in [0.3, 0.4) is 0 Å². The first kappa shape index (κ1) is 15.1. The summed E-state index contributed by atoms with van der Waals surface area (Å²) in [5.41, 5.74) is 1.00. The van der Waals surface area contributed by atoms with Crippen molar-refractivity contribution in [2.24, 2.45) is 0 Å². The van der Waals surface area contributed by atoms with Crippen LogP contribution in [0.4, 0.5) is 0 Å². The fraction of sp³-hybridized carbons (Fsp3) is 0.692. The van der Waals surface area contributed by atoms with Crippen molar-refractivity contribution in [1.29, 1.82) is 0 Å². The minimum atomic E-state index is 0.217. The van der Waals surface area contributed by atoms with Crippen molar-refractivity contribution >= 4 is 11.5 Å². The molecule has 1 unspecified atom stereocenters. The van der Waals surface area contributed by atoms with E-state index in [1.807, 2.05) is 11.6 Å². The summed E-state index contributed by atoms with van der Waals surface area (Å²) in [6, 6.07) is 0.217. The van der Waals surface area contributed by atoms with Gasteiger partial charge >= 0.3 is 0 Å². The van der Waals surface area contributed by atoms with E-state index in [-0.39, 0.29) is 6.04 Å². The van der Waals surface area contributed by atoms with Crippen molar-refractivity contribution in [1.82, 2.24) is 29.7 Å². The topological polar surface area (TPSA) is 68.5 Å². The number of nitrogens with zero attached hydrogens (tertiary/aromatic N) is 5. The molecule has 0 fully saturated rings. The molecule has 0 aliphatic carbocycles. The van der Waals surface area contributed by atoms with Crippen molar-refractivity contribution in [2.75, 3.05) is 6.54 Å². The van der Waals surface area contributed by atoms with Gasteiger partial charge in [0, 0.05) is 13.0 Å². The molecule has 110 valence electrons. The summed E-state index contributed by atoms with van der Waals surface area (Å²) in [5.74, 6) is 1.02.